The Labute approximate surface area is 131 Å². The maximum Gasteiger partial charge on any atom is 0.250 e. The van der Waals surface area contributed by atoms with Gasteiger partial charge in [-0.15, -0.1) is 0 Å². The quantitative estimate of drug-likeness (QED) is 0.780. The van der Waals surface area contributed by atoms with E-state index in [1.54, 1.807) is 16.7 Å². The smallest absolute Gasteiger partial charge is 0.250 e. The highest BCUT2D eigenvalue weighted by Crippen LogP contribution is 2.22. The molecule has 3 rings (SSSR count). The maximum atomic E-state index is 11.6. The number of pyridine rings is 1. The summed E-state index contributed by atoms with van der Waals surface area (Å²) in [6.45, 7) is 1.37. The Balaban J connectivity index is 1.69. The van der Waals surface area contributed by atoms with Crippen molar-refractivity contribution >= 4 is 32.4 Å². The van der Waals surface area contributed by atoms with Crippen LogP contribution in [0.4, 0.5) is 5.69 Å². The van der Waals surface area contributed by atoms with Gasteiger partial charge in [-0.2, -0.15) is 0 Å². The first kappa shape index (κ1) is 13.9. The van der Waals surface area contributed by atoms with Gasteiger partial charge >= 0.3 is 0 Å². The summed E-state index contributed by atoms with van der Waals surface area (Å²) < 4.78 is 2.78. The summed E-state index contributed by atoms with van der Waals surface area (Å²) in [5, 5.41) is 5.75. The molecule has 0 saturated carbocycles. The van der Waals surface area contributed by atoms with Gasteiger partial charge in [0.2, 0.25) is 0 Å². The molecule has 21 heavy (non-hydrogen) atoms. The molecule has 0 unspecified atom stereocenters. The van der Waals surface area contributed by atoms with Crippen molar-refractivity contribution in [2.75, 3.05) is 11.9 Å². The molecule has 0 bridgehead atoms. The van der Waals surface area contributed by atoms with E-state index in [1.807, 2.05) is 18.3 Å². The van der Waals surface area contributed by atoms with Crippen LogP contribution in [0.3, 0.4) is 0 Å². The largest absolute Gasteiger partial charge is 0.383 e. The monoisotopic (exact) mass is 342 g/mol. The zero-order valence-electron chi connectivity index (χ0n) is 11.4. The molecule has 4 heteroatoms. The lowest BCUT2D eigenvalue weighted by Gasteiger charge is -2.09. The second-order valence-electron chi connectivity index (χ2n) is 4.87. The van der Waals surface area contributed by atoms with Gasteiger partial charge in [0.25, 0.3) is 5.56 Å². The lowest BCUT2D eigenvalue weighted by atomic mass is 10.1. The Morgan fingerprint density at radius 2 is 1.81 bits per heavy atom. The van der Waals surface area contributed by atoms with Crippen molar-refractivity contribution in [3.05, 3.63) is 75.6 Å². The van der Waals surface area contributed by atoms with Gasteiger partial charge < -0.3 is 9.88 Å². The zero-order valence-corrected chi connectivity index (χ0v) is 13.0. The molecule has 0 atom stereocenters. The number of hydrogen-bond acceptors (Lipinski definition) is 2. The number of aromatic nitrogens is 1. The van der Waals surface area contributed by atoms with Crippen LogP contribution in [-0.2, 0) is 6.54 Å². The van der Waals surface area contributed by atoms with Crippen molar-refractivity contribution in [2.45, 2.75) is 6.54 Å². The predicted molar refractivity (Wildman–Crippen MR) is 90.8 cm³/mol. The minimum absolute atomic E-state index is 0.0302. The number of benzene rings is 2. The molecular weight excluding hydrogens is 328 g/mol. The molecule has 3 nitrogen and oxygen atoms in total. The molecule has 2 aromatic carbocycles. The SMILES string of the molecule is O=c1ccccn1CCNc1ccc2cc(Br)ccc2c1. The minimum Gasteiger partial charge on any atom is -0.383 e. The summed E-state index contributed by atoms with van der Waals surface area (Å²) in [5.74, 6) is 0. The molecule has 0 saturated heterocycles. The number of halogens is 1. The number of anilines is 1. The number of rotatable bonds is 4. The maximum absolute atomic E-state index is 11.6. The van der Waals surface area contributed by atoms with Gasteiger partial charge in [-0.3, -0.25) is 4.79 Å². The van der Waals surface area contributed by atoms with E-state index < -0.39 is 0 Å². The van der Waals surface area contributed by atoms with Gasteiger partial charge in [-0.05, 0) is 41.1 Å². The summed E-state index contributed by atoms with van der Waals surface area (Å²) in [6.07, 6.45) is 1.81. The fourth-order valence-corrected chi connectivity index (χ4v) is 2.67. The van der Waals surface area contributed by atoms with Crippen molar-refractivity contribution < 1.29 is 0 Å². The van der Waals surface area contributed by atoms with E-state index in [1.165, 1.54) is 10.8 Å². The number of hydrogen-bond donors (Lipinski definition) is 1. The van der Waals surface area contributed by atoms with Crippen LogP contribution in [0.25, 0.3) is 10.8 Å². The molecule has 1 aromatic heterocycles. The third kappa shape index (κ3) is 3.34. The van der Waals surface area contributed by atoms with Crippen LogP contribution in [0.2, 0.25) is 0 Å². The van der Waals surface area contributed by atoms with Crippen molar-refractivity contribution in [3.8, 4) is 0 Å². The summed E-state index contributed by atoms with van der Waals surface area (Å²) in [4.78, 5) is 11.6. The molecule has 1 heterocycles. The van der Waals surface area contributed by atoms with Crippen LogP contribution in [-0.4, -0.2) is 11.1 Å². The highest BCUT2D eigenvalue weighted by molar-refractivity contribution is 9.10. The van der Waals surface area contributed by atoms with Crippen molar-refractivity contribution in [1.82, 2.24) is 4.57 Å². The van der Waals surface area contributed by atoms with Crippen LogP contribution in [0.5, 0.6) is 0 Å². The number of nitrogens with zero attached hydrogens (tertiary/aromatic N) is 1. The molecule has 106 valence electrons. The van der Waals surface area contributed by atoms with E-state index in [2.05, 4.69) is 51.6 Å². The van der Waals surface area contributed by atoms with Gasteiger partial charge in [-0.1, -0.05) is 34.1 Å². The molecule has 0 aliphatic heterocycles. The number of nitrogens with one attached hydrogen (secondary N) is 1. The number of fused-ring (bicyclic) bond motifs is 1. The average Bonchev–Trinajstić information content (AvgIpc) is 2.49. The molecule has 0 aliphatic carbocycles. The van der Waals surface area contributed by atoms with Gasteiger partial charge in [0.05, 0.1) is 0 Å². The third-order valence-corrected chi connectivity index (χ3v) is 3.88. The highest BCUT2D eigenvalue weighted by atomic mass is 79.9. The van der Waals surface area contributed by atoms with Crippen LogP contribution < -0.4 is 10.9 Å². The van der Waals surface area contributed by atoms with Crippen LogP contribution >= 0.6 is 15.9 Å². The Morgan fingerprint density at radius 1 is 1.00 bits per heavy atom. The van der Waals surface area contributed by atoms with Crippen molar-refractivity contribution in [1.29, 1.82) is 0 Å². The molecule has 0 amide bonds. The molecule has 1 N–H and O–H groups in total. The molecule has 3 aromatic rings. The van der Waals surface area contributed by atoms with Crippen LogP contribution in [0.1, 0.15) is 0 Å². The van der Waals surface area contributed by atoms with Gasteiger partial charge in [0, 0.05) is 35.5 Å². The van der Waals surface area contributed by atoms with Crippen molar-refractivity contribution in [3.63, 3.8) is 0 Å². The zero-order chi connectivity index (χ0) is 14.7. The van der Waals surface area contributed by atoms with Gasteiger partial charge in [-0.25, -0.2) is 0 Å². The lowest BCUT2D eigenvalue weighted by molar-refractivity contribution is 0.698. The molecular formula is C17H15BrN2O. The van der Waals surface area contributed by atoms with E-state index in [-0.39, 0.29) is 5.56 Å². The van der Waals surface area contributed by atoms with E-state index in [0.717, 1.165) is 10.2 Å². The minimum atomic E-state index is 0.0302. The second kappa shape index (κ2) is 6.14. The van der Waals surface area contributed by atoms with Gasteiger partial charge in [0.15, 0.2) is 0 Å². The van der Waals surface area contributed by atoms with E-state index in [4.69, 9.17) is 0 Å². The lowest BCUT2D eigenvalue weighted by Crippen LogP contribution is -2.21. The highest BCUT2D eigenvalue weighted by Gasteiger charge is 1.98. The first-order chi connectivity index (χ1) is 10.2. The predicted octanol–water partition coefficient (Wildman–Crippen LogP) is 3.88. The summed E-state index contributed by atoms with van der Waals surface area (Å²) in [5.41, 5.74) is 1.09. The average molecular weight is 343 g/mol. The second-order valence-corrected chi connectivity index (χ2v) is 5.78. The molecule has 0 spiro atoms. The van der Waals surface area contributed by atoms with Gasteiger partial charge in [0.1, 0.15) is 0 Å². The summed E-state index contributed by atoms with van der Waals surface area (Å²) in [6, 6.07) is 17.7. The van der Waals surface area contributed by atoms with E-state index >= 15 is 0 Å². The van der Waals surface area contributed by atoms with E-state index in [9.17, 15) is 4.79 Å². The normalized spacial score (nSPS) is 10.7. The Hall–Kier alpha value is -2.07. The Bertz CT molecular complexity index is 826. The summed E-state index contributed by atoms with van der Waals surface area (Å²) in [7, 11) is 0. The standard InChI is InChI=1S/C17H15BrN2O/c18-15-6-4-14-12-16(7-5-13(14)11-15)19-8-10-20-9-2-1-3-17(20)21/h1-7,9,11-12,19H,8,10H2. The first-order valence-electron chi connectivity index (χ1n) is 6.81. The van der Waals surface area contributed by atoms with Crippen molar-refractivity contribution in [2.24, 2.45) is 0 Å². The Kier molecular flexibility index (Phi) is 4.06. The fraction of sp³-hybridized carbons (Fsp3) is 0.118. The topological polar surface area (TPSA) is 34.0 Å². The van der Waals surface area contributed by atoms with Crippen LogP contribution in [0.15, 0.2) is 70.1 Å². The first-order valence-corrected chi connectivity index (χ1v) is 7.60. The fourth-order valence-electron chi connectivity index (χ4n) is 2.29. The molecule has 0 radical (unpaired) electrons. The Morgan fingerprint density at radius 3 is 2.67 bits per heavy atom. The van der Waals surface area contributed by atoms with E-state index in [0.29, 0.717) is 13.1 Å². The third-order valence-electron chi connectivity index (χ3n) is 3.38. The van der Waals surface area contributed by atoms with Crippen LogP contribution in [0, 0.1) is 0 Å². The summed E-state index contributed by atoms with van der Waals surface area (Å²) >= 11 is 3.48. The molecule has 0 aliphatic rings. The molecule has 0 fully saturated rings.